The molecule has 3 N–H and O–H groups in total. The molecule has 0 aliphatic carbocycles. The van der Waals surface area contributed by atoms with Gasteiger partial charge in [-0.05, 0) is 30.7 Å². The molecule has 2 aromatic carbocycles. The molecule has 0 saturated carbocycles. The molecule has 0 spiro atoms. The molecule has 39 heavy (non-hydrogen) atoms. The molecule has 0 aromatic heterocycles. The number of carboxylic acid groups (broad SMARTS) is 1. The first kappa shape index (κ1) is 26.8. The van der Waals surface area contributed by atoms with Crippen LogP contribution in [0.4, 0.5) is 10.5 Å². The first-order chi connectivity index (χ1) is 18.9. The summed E-state index contributed by atoms with van der Waals surface area (Å²) in [4.78, 5) is 45.6. The number of piperidine rings is 1. The molecule has 4 atom stereocenters. The number of nitrogens with one attached hydrogen (secondary N) is 1. The molecule has 208 valence electrons. The van der Waals surface area contributed by atoms with Crippen molar-refractivity contribution in [3.8, 4) is 5.75 Å². The molecule has 0 unspecified atom stereocenters. The zero-order valence-electron chi connectivity index (χ0n) is 21.6. The van der Waals surface area contributed by atoms with Crippen molar-refractivity contribution in [1.29, 1.82) is 0 Å². The van der Waals surface area contributed by atoms with Crippen LogP contribution in [0.2, 0.25) is 0 Å². The van der Waals surface area contributed by atoms with Gasteiger partial charge in [0.2, 0.25) is 11.8 Å². The summed E-state index contributed by atoms with van der Waals surface area (Å²) in [5.41, 5.74) is 1.01. The van der Waals surface area contributed by atoms with Crippen LogP contribution in [0.5, 0.6) is 5.75 Å². The summed E-state index contributed by atoms with van der Waals surface area (Å²) >= 11 is 0. The monoisotopic (exact) mass is 538 g/mol. The number of rotatable bonds is 6. The van der Waals surface area contributed by atoms with E-state index in [0.717, 1.165) is 10.6 Å². The normalized spacial score (nSPS) is 27.2. The maximum absolute atomic E-state index is 14.6. The van der Waals surface area contributed by atoms with Crippen LogP contribution in [-0.2, 0) is 14.3 Å². The number of nitrogens with zero attached hydrogens (tertiary/aromatic N) is 3. The van der Waals surface area contributed by atoms with Crippen LogP contribution in [0, 0.1) is 11.8 Å². The number of carbonyl (C=O) groups is 3. The molecule has 0 bridgehead atoms. The first-order valence-electron chi connectivity index (χ1n) is 13.3. The van der Waals surface area contributed by atoms with E-state index in [0.29, 0.717) is 45.0 Å². The largest absolute Gasteiger partial charge is 0.489 e. The van der Waals surface area contributed by atoms with Gasteiger partial charge in [0, 0.05) is 50.8 Å². The molecule has 5 rings (SSSR count). The van der Waals surface area contributed by atoms with Crippen molar-refractivity contribution < 1.29 is 34.2 Å². The summed E-state index contributed by atoms with van der Waals surface area (Å²) in [6, 6.07) is 18.8. The fourth-order valence-corrected chi connectivity index (χ4v) is 6.34. The molecule has 0 radical (unpaired) electrons. The van der Waals surface area contributed by atoms with Gasteiger partial charge in [0.1, 0.15) is 17.4 Å². The van der Waals surface area contributed by atoms with Gasteiger partial charge in [-0.1, -0.05) is 36.4 Å². The van der Waals surface area contributed by atoms with E-state index >= 15 is 0 Å². The predicted octanol–water partition coefficient (Wildman–Crippen LogP) is 2.06. The van der Waals surface area contributed by atoms with Gasteiger partial charge in [-0.2, -0.15) is 0 Å². The quantitative estimate of drug-likeness (QED) is 0.376. The SMILES string of the molecule is O=C(NO)[C@H]1C[C@H](Oc2ccccc2)CN(C(=O)O)[C@@]1(C(=O)N1CCN(c2ccccc2)CC1)[C@@H]1CCOC1. The van der Waals surface area contributed by atoms with Gasteiger partial charge < -0.3 is 24.4 Å². The molecule has 3 fully saturated rings. The highest BCUT2D eigenvalue weighted by Gasteiger charge is 2.64. The highest BCUT2D eigenvalue weighted by Crippen LogP contribution is 2.45. The number of ether oxygens (including phenoxy) is 2. The number of hydroxylamine groups is 1. The number of anilines is 1. The zero-order chi connectivity index (χ0) is 27.4. The van der Waals surface area contributed by atoms with E-state index in [9.17, 15) is 24.7 Å². The highest BCUT2D eigenvalue weighted by atomic mass is 16.5. The second kappa shape index (κ2) is 11.5. The van der Waals surface area contributed by atoms with Crippen molar-refractivity contribution in [1.82, 2.24) is 15.3 Å². The number of hydrogen-bond acceptors (Lipinski definition) is 7. The van der Waals surface area contributed by atoms with Crippen LogP contribution in [0.3, 0.4) is 0 Å². The molecule has 3 aliphatic rings. The number of likely N-dealkylation sites (tertiary alicyclic amines) is 1. The van der Waals surface area contributed by atoms with E-state index in [4.69, 9.17) is 9.47 Å². The van der Waals surface area contributed by atoms with Gasteiger partial charge in [-0.3, -0.25) is 19.7 Å². The standard InChI is InChI=1S/C28H34N4O7/c33-25(29-37)24-17-23(39-22-9-5-2-6-10-22)18-32(27(35)36)28(24,20-11-16-38-19-20)26(34)31-14-12-30(13-15-31)21-7-3-1-4-8-21/h1-10,20,23-24,37H,11-19H2,(H,29,33)(H,35,36)/t20-,23+,24-,28+/m1/s1. The zero-order valence-corrected chi connectivity index (χ0v) is 21.6. The van der Waals surface area contributed by atoms with E-state index in [2.05, 4.69) is 4.90 Å². The van der Waals surface area contributed by atoms with Gasteiger partial charge in [0.15, 0.2) is 0 Å². The third kappa shape index (κ3) is 5.11. The van der Waals surface area contributed by atoms with E-state index in [-0.39, 0.29) is 19.6 Å². The highest BCUT2D eigenvalue weighted by molar-refractivity contribution is 5.97. The Morgan fingerprint density at radius 1 is 0.974 bits per heavy atom. The number of benzene rings is 2. The minimum Gasteiger partial charge on any atom is -0.489 e. The Hall–Kier alpha value is -3.83. The molecule has 2 aromatic rings. The van der Waals surface area contributed by atoms with Gasteiger partial charge in [-0.25, -0.2) is 10.3 Å². The van der Waals surface area contributed by atoms with E-state index in [1.54, 1.807) is 34.6 Å². The van der Waals surface area contributed by atoms with E-state index in [1.165, 1.54) is 0 Å². The third-order valence-electron chi connectivity index (χ3n) is 8.15. The number of piperazine rings is 1. The van der Waals surface area contributed by atoms with Crippen molar-refractivity contribution in [3.63, 3.8) is 0 Å². The minimum absolute atomic E-state index is 0.0529. The number of hydrogen-bond donors (Lipinski definition) is 3. The van der Waals surface area contributed by atoms with Gasteiger partial charge in [0.05, 0.1) is 19.1 Å². The lowest BCUT2D eigenvalue weighted by Gasteiger charge is -2.54. The summed E-state index contributed by atoms with van der Waals surface area (Å²) in [5.74, 6) is -2.47. The molecule has 11 heteroatoms. The third-order valence-corrected chi connectivity index (χ3v) is 8.15. The van der Waals surface area contributed by atoms with Crippen LogP contribution in [0.15, 0.2) is 60.7 Å². The van der Waals surface area contributed by atoms with Crippen LogP contribution in [0.25, 0.3) is 0 Å². The Bertz CT molecular complexity index is 1150. The Balaban J connectivity index is 1.48. The molecule has 3 aliphatic heterocycles. The van der Waals surface area contributed by atoms with Crippen LogP contribution < -0.4 is 15.1 Å². The molecule has 3 amide bonds. The molecule has 11 nitrogen and oxygen atoms in total. The molecular formula is C28H34N4O7. The molecular weight excluding hydrogens is 504 g/mol. The van der Waals surface area contributed by atoms with Crippen molar-refractivity contribution in [2.24, 2.45) is 11.8 Å². The second-order valence-corrected chi connectivity index (χ2v) is 10.2. The minimum atomic E-state index is -1.75. The summed E-state index contributed by atoms with van der Waals surface area (Å²) < 4.78 is 11.7. The lowest BCUT2D eigenvalue weighted by molar-refractivity contribution is -0.169. The number of amides is 3. The Morgan fingerprint density at radius 3 is 2.23 bits per heavy atom. The average molecular weight is 539 g/mol. The number of carbonyl (C=O) groups excluding carboxylic acids is 2. The second-order valence-electron chi connectivity index (χ2n) is 10.2. The summed E-state index contributed by atoms with van der Waals surface area (Å²) in [7, 11) is 0. The summed E-state index contributed by atoms with van der Waals surface area (Å²) in [6.07, 6.45) is -1.56. The predicted molar refractivity (Wildman–Crippen MR) is 141 cm³/mol. The average Bonchev–Trinajstić information content (AvgIpc) is 3.52. The molecule has 3 saturated heterocycles. The van der Waals surface area contributed by atoms with Crippen molar-refractivity contribution in [2.45, 2.75) is 24.5 Å². The van der Waals surface area contributed by atoms with Crippen LogP contribution in [-0.4, -0.2) is 95.6 Å². The summed E-state index contributed by atoms with van der Waals surface area (Å²) in [6.45, 7) is 2.26. The lowest BCUT2D eigenvalue weighted by Crippen LogP contribution is -2.75. The first-order valence-corrected chi connectivity index (χ1v) is 13.3. The fourth-order valence-electron chi connectivity index (χ4n) is 6.34. The maximum Gasteiger partial charge on any atom is 0.408 e. The van der Waals surface area contributed by atoms with Gasteiger partial charge in [0.25, 0.3) is 0 Å². The van der Waals surface area contributed by atoms with Crippen LogP contribution in [0.1, 0.15) is 12.8 Å². The number of para-hydroxylation sites is 2. The topological polar surface area (TPSA) is 132 Å². The fraction of sp³-hybridized carbons (Fsp3) is 0.464. The van der Waals surface area contributed by atoms with Gasteiger partial charge in [-0.15, -0.1) is 0 Å². The van der Waals surface area contributed by atoms with Crippen molar-refractivity contribution in [3.05, 3.63) is 60.7 Å². The van der Waals surface area contributed by atoms with Crippen molar-refractivity contribution >= 4 is 23.6 Å². The molecule has 3 heterocycles. The smallest absolute Gasteiger partial charge is 0.408 e. The van der Waals surface area contributed by atoms with E-state index < -0.39 is 41.4 Å². The lowest BCUT2D eigenvalue weighted by atomic mass is 9.66. The maximum atomic E-state index is 14.6. The van der Waals surface area contributed by atoms with E-state index in [1.807, 2.05) is 36.4 Å². The van der Waals surface area contributed by atoms with Crippen LogP contribution >= 0.6 is 0 Å². The van der Waals surface area contributed by atoms with Gasteiger partial charge >= 0.3 is 6.09 Å². The summed E-state index contributed by atoms with van der Waals surface area (Å²) in [5, 5.41) is 20.2. The Morgan fingerprint density at radius 2 is 1.64 bits per heavy atom. The Labute approximate surface area is 226 Å². The Kier molecular flexibility index (Phi) is 7.89. The van der Waals surface area contributed by atoms with Crippen molar-refractivity contribution in [2.75, 3.05) is 50.8 Å².